The highest BCUT2D eigenvalue weighted by molar-refractivity contribution is 5.97. The molecule has 2 rings (SSSR count). The predicted octanol–water partition coefficient (Wildman–Crippen LogP) is 1.43. The van der Waals surface area contributed by atoms with E-state index in [1.807, 2.05) is 30.3 Å². The first-order valence-corrected chi connectivity index (χ1v) is 5.29. The molecule has 3 heteroatoms. The van der Waals surface area contributed by atoms with Gasteiger partial charge in [0.2, 0.25) is 0 Å². The van der Waals surface area contributed by atoms with Gasteiger partial charge in [0.15, 0.2) is 0 Å². The van der Waals surface area contributed by atoms with Crippen molar-refractivity contribution in [3.8, 4) is 0 Å². The zero-order valence-corrected chi connectivity index (χ0v) is 8.73. The minimum absolute atomic E-state index is 0.548. The van der Waals surface area contributed by atoms with Gasteiger partial charge in [-0.25, -0.2) is 0 Å². The fourth-order valence-corrected chi connectivity index (χ4v) is 1.65. The van der Waals surface area contributed by atoms with Gasteiger partial charge >= 0.3 is 0 Å². The molecule has 1 unspecified atom stereocenters. The Hall–Kier alpha value is -1.35. The molecule has 1 aliphatic rings. The van der Waals surface area contributed by atoms with Gasteiger partial charge in [0.25, 0.3) is 0 Å². The van der Waals surface area contributed by atoms with Crippen molar-refractivity contribution in [2.45, 2.75) is 6.42 Å². The van der Waals surface area contributed by atoms with Crippen molar-refractivity contribution in [3.63, 3.8) is 0 Å². The van der Waals surface area contributed by atoms with Crippen LogP contribution >= 0.6 is 0 Å². The van der Waals surface area contributed by atoms with Crippen molar-refractivity contribution >= 4 is 5.84 Å². The normalized spacial score (nSPS) is 21.9. The van der Waals surface area contributed by atoms with E-state index in [-0.39, 0.29) is 0 Å². The molecular weight excluding hydrogens is 188 g/mol. The minimum Gasteiger partial charge on any atom is -0.384 e. The SMILES string of the molecule is NC(=NCC1CCOC1)c1ccccc1. The first-order chi connectivity index (χ1) is 7.36. The van der Waals surface area contributed by atoms with Crippen molar-refractivity contribution in [2.75, 3.05) is 19.8 Å². The summed E-state index contributed by atoms with van der Waals surface area (Å²) in [5.41, 5.74) is 6.88. The van der Waals surface area contributed by atoms with Crippen LogP contribution in [0.1, 0.15) is 12.0 Å². The summed E-state index contributed by atoms with van der Waals surface area (Å²) in [6, 6.07) is 9.86. The molecule has 0 bridgehead atoms. The summed E-state index contributed by atoms with van der Waals surface area (Å²) < 4.78 is 5.29. The largest absolute Gasteiger partial charge is 0.384 e. The first-order valence-electron chi connectivity index (χ1n) is 5.29. The summed E-state index contributed by atoms with van der Waals surface area (Å²) in [5, 5.41) is 0. The van der Waals surface area contributed by atoms with Crippen molar-refractivity contribution < 1.29 is 4.74 Å². The highest BCUT2D eigenvalue weighted by Crippen LogP contribution is 2.12. The summed E-state index contributed by atoms with van der Waals surface area (Å²) in [4.78, 5) is 4.39. The van der Waals surface area contributed by atoms with E-state index in [0.29, 0.717) is 11.8 Å². The van der Waals surface area contributed by atoms with E-state index in [0.717, 1.165) is 31.7 Å². The molecule has 0 aliphatic carbocycles. The standard InChI is InChI=1S/C12H16N2O/c13-12(11-4-2-1-3-5-11)14-8-10-6-7-15-9-10/h1-5,10H,6-9H2,(H2,13,14). The number of nitrogens with two attached hydrogens (primary N) is 1. The smallest absolute Gasteiger partial charge is 0.125 e. The lowest BCUT2D eigenvalue weighted by Gasteiger charge is -2.04. The van der Waals surface area contributed by atoms with Crippen molar-refractivity contribution in [1.82, 2.24) is 0 Å². The zero-order chi connectivity index (χ0) is 10.5. The monoisotopic (exact) mass is 204 g/mol. The number of hydrogen-bond acceptors (Lipinski definition) is 2. The van der Waals surface area contributed by atoms with E-state index in [1.54, 1.807) is 0 Å². The summed E-state index contributed by atoms with van der Waals surface area (Å²) in [6.45, 7) is 2.47. The van der Waals surface area contributed by atoms with Crippen molar-refractivity contribution in [3.05, 3.63) is 35.9 Å². The Morgan fingerprint density at radius 2 is 2.20 bits per heavy atom. The summed E-state index contributed by atoms with van der Waals surface area (Å²) in [5.74, 6) is 1.18. The van der Waals surface area contributed by atoms with Crippen LogP contribution in [0.15, 0.2) is 35.3 Å². The lowest BCUT2D eigenvalue weighted by Crippen LogP contribution is -2.16. The predicted molar refractivity (Wildman–Crippen MR) is 61.0 cm³/mol. The van der Waals surface area contributed by atoms with Crippen LogP contribution in [0.2, 0.25) is 0 Å². The van der Waals surface area contributed by atoms with Crippen molar-refractivity contribution in [1.29, 1.82) is 0 Å². The Morgan fingerprint density at radius 1 is 1.40 bits per heavy atom. The Kier molecular flexibility index (Phi) is 3.35. The van der Waals surface area contributed by atoms with E-state index < -0.39 is 0 Å². The van der Waals surface area contributed by atoms with Crippen LogP contribution in [0.3, 0.4) is 0 Å². The summed E-state index contributed by atoms with van der Waals surface area (Å²) >= 11 is 0. The zero-order valence-electron chi connectivity index (χ0n) is 8.73. The Labute approximate surface area is 90.0 Å². The van der Waals surface area contributed by atoms with E-state index >= 15 is 0 Å². The Morgan fingerprint density at radius 3 is 2.87 bits per heavy atom. The molecule has 0 aromatic heterocycles. The van der Waals surface area contributed by atoms with Gasteiger partial charge in [0, 0.05) is 24.6 Å². The van der Waals surface area contributed by atoms with E-state index in [9.17, 15) is 0 Å². The van der Waals surface area contributed by atoms with Gasteiger partial charge in [-0.15, -0.1) is 0 Å². The second-order valence-electron chi connectivity index (χ2n) is 3.82. The molecule has 0 radical (unpaired) electrons. The van der Waals surface area contributed by atoms with E-state index in [4.69, 9.17) is 10.5 Å². The van der Waals surface area contributed by atoms with Gasteiger partial charge in [-0.2, -0.15) is 0 Å². The number of benzene rings is 1. The quantitative estimate of drug-likeness (QED) is 0.598. The second-order valence-corrected chi connectivity index (χ2v) is 3.82. The molecule has 2 N–H and O–H groups in total. The number of nitrogens with zero attached hydrogens (tertiary/aromatic N) is 1. The van der Waals surface area contributed by atoms with Gasteiger partial charge in [-0.3, -0.25) is 4.99 Å². The van der Waals surface area contributed by atoms with Crippen LogP contribution in [0.25, 0.3) is 0 Å². The van der Waals surface area contributed by atoms with Crippen LogP contribution in [0, 0.1) is 5.92 Å². The fraction of sp³-hybridized carbons (Fsp3) is 0.417. The van der Waals surface area contributed by atoms with Gasteiger partial charge in [0.1, 0.15) is 5.84 Å². The first kappa shape index (κ1) is 10.2. The third kappa shape index (κ3) is 2.80. The van der Waals surface area contributed by atoms with Gasteiger partial charge in [-0.1, -0.05) is 30.3 Å². The van der Waals surface area contributed by atoms with Gasteiger partial charge < -0.3 is 10.5 Å². The molecule has 1 aromatic rings. The van der Waals surface area contributed by atoms with Crippen LogP contribution in [-0.2, 0) is 4.74 Å². The highest BCUT2D eigenvalue weighted by atomic mass is 16.5. The molecular formula is C12H16N2O. The lowest BCUT2D eigenvalue weighted by atomic mass is 10.1. The van der Waals surface area contributed by atoms with Crippen LogP contribution < -0.4 is 5.73 Å². The average molecular weight is 204 g/mol. The molecule has 1 aliphatic heterocycles. The molecule has 0 spiro atoms. The van der Waals surface area contributed by atoms with Crippen LogP contribution in [-0.4, -0.2) is 25.6 Å². The molecule has 1 heterocycles. The van der Waals surface area contributed by atoms with Crippen LogP contribution in [0.4, 0.5) is 0 Å². The number of amidine groups is 1. The average Bonchev–Trinajstić information content (AvgIpc) is 2.80. The lowest BCUT2D eigenvalue weighted by molar-refractivity contribution is 0.187. The molecule has 0 amide bonds. The van der Waals surface area contributed by atoms with E-state index in [1.165, 1.54) is 0 Å². The Bertz CT molecular complexity index is 329. The number of aliphatic imine (C=N–C) groups is 1. The van der Waals surface area contributed by atoms with Gasteiger partial charge in [-0.05, 0) is 6.42 Å². The second kappa shape index (κ2) is 4.94. The highest BCUT2D eigenvalue weighted by Gasteiger charge is 2.14. The van der Waals surface area contributed by atoms with E-state index in [2.05, 4.69) is 4.99 Å². The molecule has 1 aromatic carbocycles. The number of rotatable bonds is 3. The molecule has 1 atom stereocenters. The minimum atomic E-state index is 0.548. The Balaban J connectivity index is 1.95. The maximum absolute atomic E-state index is 5.88. The molecule has 1 saturated heterocycles. The molecule has 80 valence electrons. The molecule has 1 fully saturated rings. The summed E-state index contributed by atoms with van der Waals surface area (Å²) in [7, 11) is 0. The van der Waals surface area contributed by atoms with Crippen molar-refractivity contribution in [2.24, 2.45) is 16.6 Å². The maximum Gasteiger partial charge on any atom is 0.125 e. The van der Waals surface area contributed by atoms with Gasteiger partial charge in [0.05, 0.1) is 6.61 Å². The maximum atomic E-state index is 5.88. The van der Waals surface area contributed by atoms with Crippen LogP contribution in [0.5, 0.6) is 0 Å². The summed E-state index contributed by atoms with van der Waals surface area (Å²) in [6.07, 6.45) is 1.10. The number of ether oxygens (including phenoxy) is 1. The topological polar surface area (TPSA) is 47.6 Å². The third-order valence-corrected chi connectivity index (χ3v) is 2.61. The molecule has 3 nitrogen and oxygen atoms in total. The fourth-order valence-electron chi connectivity index (χ4n) is 1.65. The molecule has 0 saturated carbocycles. The third-order valence-electron chi connectivity index (χ3n) is 2.61. The number of hydrogen-bond donors (Lipinski definition) is 1. The molecule has 15 heavy (non-hydrogen) atoms.